The van der Waals surface area contributed by atoms with Gasteiger partial charge in [-0.25, -0.2) is 14.1 Å². The van der Waals surface area contributed by atoms with Crippen molar-refractivity contribution < 1.29 is 23.5 Å². The molecule has 1 saturated heterocycles. The summed E-state index contributed by atoms with van der Waals surface area (Å²) in [5.74, 6) is -3.46. The van der Waals surface area contributed by atoms with E-state index in [1.807, 2.05) is 18.2 Å². The maximum absolute atomic E-state index is 13.1. The fourth-order valence-electron chi connectivity index (χ4n) is 3.10. The molecule has 0 spiro atoms. The number of fused-ring (bicyclic) bond motifs is 1. The van der Waals surface area contributed by atoms with Gasteiger partial charge in [-0.05, 0) is 29.8 Å². The number of carbonyl (C=O) groups is 3. The molecular formula is C19H14FN3O4. The quantitative estimate of drug-likeness (QED) is 0.652. The Hall–Kier alpha value is -3.55. The lowest BCUT2D eigenvalue weighted by atomic mass is 9.99. The SMILES string of the molecule is O=C(OCc1ccccc1)C1=NN[C@H]2C(=O)N(c3ccc(F)cc3)C(=O)[C@@H]12. The summed E-state index contributed by atoms with van der Waals surface area (Å²) in [6, 6.07) is 13.1. The Morgan fingerprint density at radius 3 is 2.48 bits per heavy atom. The van der Waals surface area contributed by atoms with Gasteiger partial charge in [-0.2, -0.15) is 5.10 Å². The van der Waals surface area contributed by atoms with Crippen molar-refractivity contribution in [3.63, 3.8) is 0 Å². The summed E-state index contributed by atoms with van der Waals surface area (Å²) in [6.45, 7) is 0.0277. The lowest BCUT2D eigenvalue weighted by molar-refractivity contribution is -0.137. The molecule has 1 N–H and O–H groups in total. The summed E-state index contributed by atoms with van der Waals surface area (Å²) in [4.78, 5) is 38.6. The highest BCUT2D eigenvalue weighted by molar-refractivity contribution is 6.46. The van der Waals surface area contributed by atoms with Crippen molar-refractivity contribution >= 4 is 29.2 Å². The van der Waals surface area contributed by atoms with E-state index in [1.165, 1.54) is 12.1 Å². The number of amides is 2. The van der Waals surface area contributed by atoms with Crippen molar-refractivity contribution in [2.75, 3.05) is 4.90 Å². The van der Waals surface area contributed by atoms with Gasteiger partial charge < -0.3 is 4.74 Å². The molecule has 2 amide bonds. The molecule has 2 aliphatic rings. The van der Waals surface area contributed by atoms with Crippen molar-refractivity contribution in [2.24, 2.45) is 11.0 Å². The second kappa shape index (κ2) is 6.64. The van der Waals surface area contributed by atoms with Gasteiger partial charge in [0.25, 0.3) is 5.91 Å². The van der Waals surface area contributed by atoms with Crippen LogP contribution in [0.5, 0.6) is 0 Å². The zero-order valence-corrected chi connectivity index (χ0v) is 14.0. The molecule has 0 radical (unpaired) electrons. The highest BCUT2D eigenvalue weighted by atomic mass is 19.1. The van der Waals surface area contributed by atoms with Crippen LogP contribution >= 0.6 is 0 Å². The zero-order chi connectivity index (χ0) is 19.0. The summed E-state index contributed by atoms with van der Waals surface area (Å²) >= 11 is 0. The van der Waals surface area contributed by atoms with Gasteiger partial charge in [0.05, 0.1) is 5.69 Å². The van der Waals surface area contributed by atoms with Crippen LogP contribution in [0, 0.1) is 11.7 Å². The Morgan fingerprint density at radius 1 is 1.07 bits per heavy atom. The topological polar surface area (TPSA) is 88.1 Å². The zero-order valence-electron chi connectivity index (χ0n) is 14.0. The molecule has 27 heavy (non-hydrogen) atoms. The molecule has 0 bridgehead atoms. The highest BCUT2D eigenvalue weighted by Gasteiger charge is 2.55. The van der Waals surface area contributed by atoms with E-state index in [-0.39, 0.29) is 18.0 Å². The maximum atomic E-state index is 13.1. The van der Waals surface area contributed by atoms with Crippen LogP contribution in [0.1, 0.15) is 5.56 Å². The number of anilines is 1. The molecule has 2 atom stereocenters. The van der Waals surface area contributed by atoms with Crippen LogP contribution in [0.2, 0.25) is 0 Å². The van der Waals surface area contributed by atoms with Gasteiger partial charge in [-0.15, -0.1) is 0 Å². The molecule has 0 aliphatic carbocycles. The van der Waals surface area contributed by atoms with Gasteiger partial charge in [0.15, 0.2) is 5.71 Å². The number of hydrogen-bond donors (Lipinski definition) is 1. The first-order valence-electron chi connectivity index (χ1n) is 8.24. The average molecular weight is 367 g/mol. The van der Waals surface area contributed by atoms with Crippen LogP contribution in [0.25, 0.3) is 0 Å². The second-order valence-electron chi connectivity index (χ2n) is 6.13. The first-order chi connectivity index (χ1) is 13.1. The van der Waals surface area contributed by atoms with Crippen LogP contribution in [-0.4, -0.2) is 29.5 Å². The van der Waals surface area contributed by atoms with Crippen LogP contribution in [0.3, 0.4) is 0 Å². The lowest BCUT2D eigenvalue weighted by Gasteiger charge is -2.15. The second-order valence-corrected chi connectivity index (χ2v) is 6.13. The van der Waals surface area contributed by atoms with Gasteiger partial charge in [0.2, 0.25) is 5.91 Å². The molecule has 2 aliphatic heterocycles. The minimum absolute atomic E-state index is 0.0277. The average Bonchev–Trinajstić information content (AvgIpc) is 3.22. The smallest absolute Gasteiger partial charge is 0.355 e. The molecule has 8 heteroatoms. The van der Waals surface area contributed by atoms with E-state index in [0.29, 0.717) is 0 Å². The molecule has 4 rings (SSSR count). The van der Waals surface area contributed by atoms with E-state index in [1.54, 1.807) is 12.1 Å². The number of carbonyl (C=O) groups excluding carboxylic acids is 3. The molecule has 0 aromatic heterocycles. The summed E-state index contributed by atoms with van der Waals surface area (Å²) in [7, 11) is 0. The van der Waals surface area contributed by atoms with Crippen LogP contribution in [0.4, 0.5) is 10.1 Å². The maximum Gasteiger partial charge on any atom is 0.355 e. The fourth-order valence-corrected chi connectivity index (χ4v) is 3.10. The molecule has 1 fully saturated rings. The monoisotopic (exact) mass is 367 g/mol. The van der Waals surface area contributed by atoms with E-state index in [4.69, 9.17) is 4.74 Å². The number of ether oxygens (including phenoxy) is 1. The van der Waals surface area contributed by atoms with Gasteiger partial charge in [0, 0.05) is 0 Å². The molecule has 2 aromatic carbocycles. The van der Waals surface area contributed by atoms with Gasteiger partial charge in [0.1, 0.15) is 24.4 Å². The van der Waals surface area contributed by atoms with E-state index in [2.05, 4.69) is 10.5 Å². The predicted octanol–water partition coefficient (Wildman–Crippen LogP) is 1.39. The van der Waals surface area contributed by atoms with Crippen LogP contribution in [-0.2, 0) is 25.7 Å². The number of imide groups is 1. The summed E-state index contributed by atoms with van der Waals surface area (Å²) in [5, 5.41) is 3.84. The number of esters is 1. The predicted molar refractivity (Wildman–Crippen MR) is 93.0 cm³/mol. The summed E-state index contributed by atoms with van der Waals surface area (Å²) < 4.78 is 18.3. The van der Waals surface area contributed by atoms with Crippen molar-refractivity contribution in [3.8, 4) is 0 Å². The third-order valence-corrected chi connectivity index (χ3v) is 4.43. The minimum Gasteiger partial charge on any atom is -0.456 e. The lowest BCUT2D eigenvalue weighted by Crippen LogP contribution is -2.36. The fraction of sp³-hybridized carbons (Fsp3) is 0.158. The van der Waals surface area contributed by atoms with E-state index in [9.17, 15) is 18.8 Å². The molecule has 136 valence electrons. The van der Waals surface area contributed by atoms with Crippen molar-refractivity contribution in [1.82, 2.24) is 5.43 Å². The van der Waals surface area contributed by atoms with Gasteiger partial charge >= 0.3 is 5.97 Å². The van der Waals surface area contributed by atoms with Crippen LogP contribution < -0.4 is 10.3 Å². The Labute approximate surface area is 153 Å². The Balaban J connectivity index is 1.51. The normalized spacial score (nSPS) is 20.9. The third-order valence-electron chi connectivity index (χ3n) is 4.43. The first-order valence-corrected chi connectivity index (χ1v) is 8.24. The minimum atomic E-state index is -1.06. The Morgan fingerprint density at radius 2 is 1.78 bits per heavy atom. The first kappa shape index (κ1) is 16.9. The Bertz CT molecular complexity index is 943. The van der Waals surface area contributed by atoms with Crippen molar-refractivity contribution in [2.45, 2.75) is 12.6 Å². The number of halogens is 1. The van der Waals surface area contributed by atoms with E-state index >= 15 is 0 Å². The number of rotatable bonds is 4. The third kappa shape index (κ3) is 2.95. The summed E-state index contributed by atoms with van der Waals surface area (Å²) in [5.41, 5.74) is 3.42. The number of benzene rings is 2. The number of nitrogens with zero attached hydrogens (tertiary/aromatic N) is 2. The van der Waals surface area contributed by atoms with Crippen molar-refractivity contribution in [3.05, 3.63) is 66.0 Å². The molecular weight excluding hydrogens is 353 g/mol. The molecule has 0 unspecified atom stereocenters. The Kier molecular flexibility index (Phi) is 4.15. The van der Waals surface area contributed by atoms with E-state index < -0.39 is 35.6 Å². The van der Waals surface area contributed by atoms with Crippen molar-refractivity contribution in [1.29, 1.82) is 0 Å². The molecule has 2 heterocycles. The molecule has 0 saturated carbocycles. The number of hydrazone groups is 1. The number of nitrogens with one attached hydrogen (secondary N) is 1. The van der Waals surface area contributed by atoms with E-state index in [0.717, 1.165) is 22.6 Å². The molecule has 7 nitrogen and oxygen atoms in total. The summed E-state index contributed by atoms with van der Waals surface area (Å²) in [6.07, 6.45) is 0. The van der Waals surface area contributed by atoms with Gasteiger partial charge in [-0.1, -0.05) is 30.3 Å². The molecule has 2 aromatic rings. The largest absolute Gasteiger partial charge is 0.456 e. The van der Waals surface area contributed by atoms with Gasteiger partial charge in [-0.3, -0.25) is 15.0 Å². The highest BCUT2D eigenvalue weighted by Crippen LogP contribution is 2.31. The van der Waals surface area contributed by atoms with Crippen LogP contribution in [0.15, 0.2) is 59.7 Å². The number of hydrogen-bond acceptors (Lipinski definition) is 6. The standard InChI is InChI=1S/C19H14FN3O4/c20-12-6-8-13(9-7-12)23-17(24)14-15(18(23)25)21-22-16(14)19(26)27-10-11-4-2-1-3-5-11/h1-9,14-15,21H,10H2/t14-,15-/m1/s1.